The highest BCUT2D eigenvalue weighted by Gasteiger charge is 2.06. The molecule has 0 radical (unpaired) electrons. The molecule has 2 heteroatoms. The molecule has 0 amide bonds. The van der Waals surface area contributed by atoms with Gasteiger partial charge in [-0.05, 0) is 13.0 Å². The van der Waals surface area contributed by atoms with E-state index in [1.165, 1.54) is 11.3 Å². The normalized spacial score (nSPS) is 10.2. The fourth-order valence-electron chi connectivity index (χ4n) is 1.33. The Kier molecular flexibility index (Phi) is 3.23. The van der Waals surface area contributed by atoms with Crippen molar-refractivity contribution in [2.24, 2.45) is 5.73 Å². The van der Waals surface area contributed by atoms with Crippen molar-refractivity contribution in [3.05, 3.63) is 29.6 Å². The van der Waals surface area contributed by atoms with Gasteiger partial charge in [0.15, 0.2) is 11.9 Å². The molecule has 0 spiro atoms. The van der Waals surface area contributed by atoms with Crippen LogP contribution in [0.4, 0.5) is 0 Å². The summed E-state index contributed by atoms with van der Waals surface area (Å²) in [6, 6.07) is 4.21. The van der Waals surface area contributed by atoms with Gasteiger partial charge in [-0.2, -0.15) is 0 Å². The molecule has 1 aromatic heterocycles. The minimum Gasteiger partial charge on any atom is -0.322 e. The molecule has 2 nitrogen and oxygen atoms in total. The average Bonchev–Trinajstić information content (AvgIpc) is 2.05. The highest BCUT2D eigenvalue weighted by atomic mass is 15.0. The molecule has 1 rings (SSSR count). The second-order valence-corrected chi connectivity index (χ2v) is 3.10. The molecule has 0 unspecified atom stereocenters. The lowest BCUT2D eigenvalue weighted by atomic mass is 10.2. The van der Waals surface area contributed by atoms with Crippen molar-refractivity contribution in [3.63, 3.8) is 0 Å². The summed E-state index contributed by atoms with van der Waals surface area (Å²) in [5.41, 5.74) is 8.11. The minimum atomic E-state index is 0.625. The number of nitrogens with two attached hydrogens (primary N) is 1. The van der Waals surface area contributed by atoms with E-state index in [1.807, 2.05) is 0 Å². The molecular weight excluding hydrogens is 148 g/mol. The first-order chi connectivity index (χ1) is 5.77. The second kappa shape index (κ2) is 4.21. The Labute approximate surface area is 74.0 Å². The predicted octanol–water partition coefficient (Wildman–Crippen LogP) is 1.15. The molecule has 2 N–H and O–H groups in total. The molecule has 0 aliphatic heterocycles. The van der Waals surface area contributed by atoms with E-state index < -0.39 is 0 Å². The third-order valence-corrected chi connectivity index (χ3v) is 1.94. The summed E-state index contributed by atoms with van der Waals surface area (Å²) < 4.78 is 2.23. The zero-order valence-electron chi connectivity index (χ0n) is 7.88. The van der Waals surface area contributed by atoms with Gasteiger partial charge in [-0.3, -0.25) is 0 Å². The number of hydrogen-bond donors (Lipinski definition) is 1. The lowest BCUT2D eigenvalue weighted by Crippen LogP contribution is -2.39. The predicted molar refractivity (Wildman–Crippen MR) is 49.6 cm³/mol. The van der Waals surface area contributed by atoms with E-state index in [-0.39, 0.29) is 0 Å². The number of hydrogen-bond acceptors (Lipinski definition) is 1. The second-order valence-electron chi connectivity index (χ2n) is 3.10. The Morgan fingerprint density at radius 2 is 2.17 bits per heavy atom. The molecule has 0 saturated carbocycles. The molecule has 0 fully saturated rings. The van der Waals surface area contributed by atoms with Gasteiger partial charge in [0.25, 0.3) is 0 Å². The van der Waals surface area contributed by atoms with Crippen LogP contribution < -0.4 is 10.3 Å². The number of pyridine rings is 1. The van der Waals surface area contributed by atoms with Crippen molar-refractivity contribution < 1.29 is 4.57 Å². The first-order valence-electron chi connectivity index (χ1n) is 4.47. The Balaban J connectivity index is 2.95. The summed E-state index contributed by atoms with van der Waals surface area (Å²) in [4.78, 5) is 0. The summed E-state index contributed by atoms with van der Waals surface area (Å²) in [5, 5.41) is 0. The van der Waals surface area contributed by atoms with Crippen molar-refractivity contribution in [2.45, 2.75) is 33.4 Å². The number of aryl methyl sites for hydroxylation is 2. The summed E-state index contributed by atoms with van der Waals surface area (Å²) in [6.07, 6.45) is 3.31. The average molecular weight is 165 g/mol. The molecule has 0 aromatic carbocycles. The fourth-order valence-corrected chi connectivity index (χ4v) is 1.33. The van der Waals surface area contributed by atoms with E-state index in [1.54, 1.807) is 0 Å². The van der Waals surface area contributed by atoms with Crippen molar-refractivity contribution in [2.75, 3.05) is 0 Å². The number of rotatable bonds is 3. The van der Waals surface area contributed by atoms with Crippen LogP contribution in [-0.2, 0) is 13.1 Å². The molecule has 0 aliphatic carbocycles. The van der Waals surface area contributed by atoms with Crippen molar-refractivity contribution >= 4 is 0 Å². The van der Waals surface area contributed by atoms with Crippen LogP contribution in [0.5, 0.6) is 0 Å². The minimum absolute atomic E-state index is 0.625. The quantitative estimate of drug-likeness (QED) is 0.669. The molecule has 0 saturated heterocycles. The van der Waals surface area contributed by atoms with E-state index in [2.05, 4.69) is 36.7 Å². The Morgan fingerprint density at radius 1 is 1.42 bits per heavy atom. The Bertz CT molecular complexity index is 256. The smallest absolute Gasteiger partial charge is 0.195 e. The molecule has 0 aliphatic rings. The van der Waals surface area contributed by atoms with Crippen LogP contribution in [0.3, 0.4) is 0 Å². The van der Waals surface area contributed by atoms with Crippen molar-refractivity contribution in [3.8, 4) is 0 Å². The van der Waals surface area contributed by atoms with Gasteiger partial charge in [0, 0.05) is 18.1 Å². The zero-order chi connectivity index (χ0) is 8.97. The molecule has 0 atom stereocenters. The van der Waals surface area contributed by atoms with Crippen LogP contribution >= 0.6 is 0 Å². The van der Waals surface area contributed by atoms with Gasteiger partial charge in [-0.15, -0.1) is 0 Å². The van der Waals surface area contributed by atoms with Crippen LogP contribution in [0.2, 0.25) is 0 Å². The maximum Gasteiger partial charge on any atom is 0.195 e. The Hall–Kier alpha value is -0.890. The molecule has 1 heterocycles. The Morgan fingerprint density at radius 3 is 2.75 bits per heavy atom. The van der Waals surface area contributed by atoms with E-state index in [0.29, 0.717) is 6.54 Å². The summed E-state index contributed by atoms with van der Waals surface area (Å²) in [7, 11) is 0. The van der Waals surface area contributed by atoms with Crippen LogP contribution in [0.25, 0.3) is 0 Å². The van der Waals surface area contributed by atoms with Gasteiger partial charge in [0.05, 0.1) is 6.54 Å². The van der Waals surface area contributed by atoms with Crippen LogP contribution in [0.1, 0.15) is 24.6 Å². The van der Waals surface area contributed by atoms with E-state index in [0.717, 1.165) is 13.0 Å². The van der Waals surface area contributed by atoms with Crippen LogP contribution in [0, 0.1) is 6.92 Å². The van der Waals surface area contributed by atoms with Gasteiger partial charge in [0.2, 0.25) is 0 Å². The number of nitrogens with zero attached hydrogens (tertiary/aromatic N) is 1. The van der Waals surface area contributed by atoms with Crippen LogP contribution in [-0.4, -0.2) is 0 Å². The molecule has 0 bridgehead atoms. The zero-order valence-corrected chi connectivity index (χ0v) is 7.88. The van der Waals surface area contributed by atoms with E-state index in [4.69, 9.17) is 5.73 Å². The van der Waals surface area contributed by atoms with Gasteiger partial charge >= 0.3 is 0 Å². The lowest BCUT2D eigenvalue weighted by molar-refractivity contribution is -0.704. The van der Waals surface area contributed by atoms with Gasteiger partial charge in [-0.25, -0.2) is 4.57 Å². The summed E-state index contributed by atoms with van der Waals surface area (Å²) >= 11 is 0. The third kappa shape index (κ3) is 2.05. The lowest BCUT2D eigenvalue weighted by Gasteiger charge is -2.00. The maximum atomic E-state index is 5.61. The summed E-state index contributed by atoms with van der Waals surface area (Å²) in [6.45, 7) is 5.97. The van der Waals surface area contributed by atoms with Gasteiger partial charge in [0.1, 0.15) is 6.54 Å². The molecular formula is C10H17N2+. The van der Waals surface area contributed by atoms with E-state index >= 15 is 0 Å². The molecule has 1 aromatic rings. The first-order valence-corrected chi connectivity index (χ1v) is 4.47. The SMILES string of the molecule is CCC[n+]1cc(C)ccc1CN. The molecule has 12 heavy (non-hydrogen) atoms. The van der Waals surface area contributed by atoms with Gasteiger partial charge < -0.3 is 5.73 Å². The largest absolute Gasteiger partial charge is 0.322 e. The van der Waals surface area contributed by atoms with Crippen LogP contribution in [0.15, 0.2) is 18.3 Å². The highest BCUT2D eigenvalue weighted by Crippen LogP contribution is 1.96. The maximum absolute atomic E-state index is 5.61. The monoisotopic (exact) mass is 165 g/mol. The highest BCUT2D eigenvalue weighted by molar-refractivity contribution is 5.06. The topological polar surface area (TPSA) is 29.9 Å². The van der Waals surface area contributed by atoms with Gasteiger partial charge in [-0.1, -0.05) is 6.92 Å². The van der Waals surface area contributed by atoms with Crippen molar-refractivity contribution in [1.29, 1.82) is 0 Å². The number of aromatic nitrogens is 1. The van der Waals surface area contributed by atoms with E-state index in [9.17, 15) is 0 Å². The van der Waals surface area contributed by atoms with Crippen molar-refractivity contribution in [1.82, 2.24) is 0 Å². The fraction of sp³-hybridized carbons (Fsp3) is 0.500. The summed E-state index contributed by atoms with van der Waals surface area (Å²) in [5.74, 6) is 0. The standard InChI is InChI=1S/C10H17N2/c1-3-6-12-8-9(2)4-5-10(12)7-11/h4-5,8H,3,6-7,11H2,1-2H3/q+1. The third-order valence-electron chi connectivity index (χ3n) is 1.94. The molecule has 66 valence electrons. The first kappa shape index (κ1) is 9.20.